The van der Waals surface area contributed by atoms with Gasteiger partial charge in [-0.15, -0.1) is 0 Å². The minimum atomic E-state index is -0.422. The molecule has 4 rings (SSSR count). The van der Waals surface area contributed by atoms with Crippen LogP contribution in [0.1, 0.15) is 61.5 Å². The second-order valence-corrected chi connectivity index (χ2v) is 8.30. The van der Waals surface area contributed by atoms with Crippen molar-refractivity contribution in [2.75, 3.05) is 5.32 Å². The molecule has 0 bridgehead atoms. The van der Waals surface area contributed by atoms with Gasteiger partial charge in [0, 0.05) is 11.3 Å². The number of nitrogens with zero attached hydrogens (tertiary/aromatic N) is 4. The van der Waals surface area contributed by atoms with Gasteiger partial charge in [-0.2, -0.15) is 10.1 Å². The number of aryl methyl sites for hydroxylation is 1. The normalized spacial score (nSPS) is 11.5. The molecule has 8 heteroatoms. The Morgan fingerprint density at radius 3 is 2.41 bits per heavy atom. The molecular formula is C24H25N5O3. The number of amides is 1. The number of anilines is 1. The molecule has 0 unspecified atom stereocenters. The molecule has 0 fully saturated rings. The smallest absolute Gasteiger partial charge is 0.276 e. The maximum Gasteiger partial charge on any atom is 0.276 e. The van der Waals surface area contributed by atoms with Crippen LogP contribution in [0.25, 0.3) is 22.2 Å². The van der Waals surface area contributed by atoms with Crippen LogP contribution in [-0.2, 0) is 0 Å². The number of benzene rings is 2. The van der Waals surface area contributed by atoms with Gasteiger partial charge in [0.1, 0.15) is 0 Å². The van der Waals surface area contributed by atoms with Crippen molar-refractivity contribution in [3.63, 3.8) is 0 Å². The zero-order valence-electron chi connectivity index (χ0n) is 18.7. The summed E-state index contributed by atoms with van der Waals surface area (Å²) < 4.78 is 6.79. The maximum atomic E-state index is 13.4. The van der Waals surface area contributed by atoms with Gasteiger partial charge in [0.2, 0.25) is 0 Å². The standard InChI is InChI=1S/C24H25N5O3/c1-13(2)21-26-23(32-28-21)18-12-8-9-15(5)19(18)25-22(30)20-16-10-6-7-11-17(16)24(31)29(27-20)14(3)4/h6-14H,1-5H3,(H,25,30). The van der Waals surface area contributed by atoms with E-state index in [9.17, 15) is 9.59 Å². The summed E-state index contributed by atoms with van der Waals surface area (Å²) in [5.74, 6) is 0.617. The minimum absolute atomic E-state index is 0.114. The fourth-order valence-electron chi connectivity index (χ4n) is 3.49. The van der Waals surface area contributed by atoms with Gasteiger partial charge >= 0.3 is 0 Å². The molecule has 4 aromatic rings. The lowest BCUT2D eigenvalue weighted by atomic mass is 10.1. The van der Waals surface area contributed by atoms with Crippen LogP contribution >= 0.6 is 0 Å². The summed E-state index contributed by atoms with van der Waals surface area (Å²) in [6.45, 7) is 9.56. The fraction of sp³-hybridized carbons (Fsp3) is 0.292. The summed E-state index contributed by atoms with van der Waals surface area (Å²) >= 11 is 0. The largest absolute Gasteiger partial charge is 0.334 e. The quantitative estimate of drug-likeness (QED) is 0.491. The number of para-hydroxylation sites is 1. The molecule has 0 radical (unpaired) electrons. The number of carbonyl (C=O) groups excluding carboxylic acids is 1. The first-order valence-electron chi connectivity index (χ1n) is 10.5. The molecule has 0 saturated carbocycles. The molecule has 0 aliphatic heterocycles. The third kappa shape index (κ3) is 3.79. The highest BCUT2D eigenvalue weighted by molar-refractivity contribution is 6.12. The number of rotatable bonds is 5. The van der Waals surface area contributed by atoms with Crippen molar-refractivity contribution in [2.24, 2.45) is 0 Å². The maximum absolute atomic E-state index is 13.4. The van der Waals surface area contributed by atoms with Gasteiger partial charge in [0.25, 0.3) is 17.4 Å². The molecule has 32 heavy (non-hydrogen) atoms. The van der Waals surface area contributed by atoms with Gasteiger partial charge in [-0.05, 0) is 38.5 Å². The first-order chi connectivity index (χ1) is 15.3. The molecule has 1 amide bonds. The minimum Gasteiger partial charge on any atom is -0.334 e. The summed E-state index contributed by atoms with van der Waals surface area (Å²) in [4.78, 5) is 30.7. The number of carbonyl (C=O) groups is 1. The van der Waals surface area contributed by atoms with Gasteiger partial charge in [0.15, 0.2) is 11.5 Å². The summed E-state index contributed by atoms with van der Waals surface area (Å²) in [6.07, 6.45) is 0. The van der Waals surface area contributed by atoms with Gasteiger partial charge in [-0.1, -0.05) is 49.3 Å². The zero-order chi connectivity index (χ0) is 23.0. The predicted molar refractivity (Wildman–Crippen MR) is 123 cm³/mol. The third-order valence-corrected chi connectivity index (χ3v) is 5.23. The average Bonchev–Trinajstić information content (AvgIpc) is 3.26. The van der Waals surface area contributed by atoms with Crippen molar-refractivity contribution in [3.8, 4) is 11.5 Å². The van der Waals surface area contributed by atoms with E-state index in [1.807, 2.05) is 52.8 Å². The highest BCUT2D eigenvalue weighted by Crippen LogP contribution is 2.31. The van der Waals surface area contributed by atoms with Crippen molar-refractivity contribution in [3.05, 3.63) is 69.9 Å². The molecule has 2 aromatic carbocycles. The highest BCUT2D eigenvalue weighted by atomic mass is 16.5. The van der Waals surface area contributed by atoms with Crippen LogP contribution in [0, 0.1) is 6.92 Å². The SMILES string of the molecule is Cc1cccc(-c2nc(C(C)C)no2)c1NC(=O)c1nn(C(C)C)c(=O)c2ccccc12. The molecule has 2 heterocycles. The number of hydrogen-bond donors (Lipinski definition) is 1. The summed E-state index contributed by atoms with van der Waals surface area (Å²) in [5.41, 5.74) is 1.97. The topological polar surface area (TPSA) is 103 Å². The Balaban J connectivity index is 1.81. The Kier molecular flexibility index (Phi) is 5.61. The second kappa shape index (κ2) is 8.37. The van der Waals surface area contributed by atoms with Crippen LogP contribution in [0.3, 0.4) is 0 Å². The molecule has 0 aliphatic carbocycles. The van der Waals surface area contributed by atoms with Crippen LogP contribution in [-0.4, -0.2) is 25.8 Å². The van der Waals surface area contributed by atoms with Gasteiger partial charge < -0.3 is 9.84 Å². The molecule has 0 aliphatic rings. The van der Waals surface area contributed by atoms with E-state index in [0.717, 1.165) is 5.56 Å². The number of aromatic nitrogens is 4. The summed E-state index contributed by atoms with van der Waals surface area (Å²) in [5, 5.41) is 12.3. The number of hydrogen-bond acceptors (Lipinski definition) is 6. The molecule has 8 nitrogen and oxygen atoms in total. The Bertz CT molecular complexity index is 1370. The van der Waals surface area contributed by atoms with E-state index in [-0.39, 0.29) is 23.2 Å². The first kappa shape index (κ1) is 21.4. The monoisotopic (exact) mass is 431 g/mol. The first-order valence-corrected chi connectivity index (χ1v) is 10.5. The van der Waals surface area contributed by atoms with Crippen molar-refractivity contribution < 1.29 is 9.32 Å². The summed E-state index contributed by atoms with van der Waals surface area (Å²) in [7, 11) is 0. The van der Waals surface area contributed by atoms with E-state index in [2.05, 4.69) is 20.6 Å². The van der Waals surface area contributed by atoms with Crippen molar-refractivity contribution in [2.45, 2.75) is 46.6 Å². The Labute approximate surface area is 185 Å². The van der Waals surface area contributed by atoms with Crippen LogP contribution in [0.5, 0.6) is 0 Å². The molecule has 1 N–H and O–H groups in total. The molecule has 0 atom stereocenters. The molecule has 0 saturated heterocycles. The average molecular weight is 431 g/mol. The summed E-state index contributed by atoms with van der Waals surface area (Å²) in [6, 6.07) is 12.4. The highest BCUT2D eigenvalue weighted by Gasteiger charge is 2.22. The van der Waals surface area contributed by atoms with Gasteiger partial charge in [-0.25, -0.2) is 4.68 Å². The lowest BCUT2D eigenvalue weighted by Gasteiger charge is -2.15. The Hall–Kier alpha value is -3.81. The lowest BCUT2D eigenvalue weighted by Crippen LogP contribution is -2.29. The van der Waals surface area contributed by atoms with E-state index in [1.54, 1.807) is 24.3 Å². The Morgan fingerprint density at radius 2 is 1.75 bits per heavy atom. The molecule has 0 spiro atoms. The molecule has 2 aromatic heterocycles. The number of nitrogens with one attached hydrogen (secondary N) is 1. The lowest BCUT2D eigenvalue weighted by molar-refractivity contribution is 0.102. The van der Waals surface area contributed by atoms with Crippen molar-refractivity contribution >= 4 is 22.4 Å². The van der Waals surface area contributed by atoms with E-state index in [4.69, 9.17) is 4.52 Å². The van der Waals surface area contributed by atoms with Crippen LogP contribution < -0.4 is 10.9 Å². The third-order valence-electron chi connectivity index (χ3n) is 5.23. The second-order valence-electron chi connectivity index (χ2n) is 8.30. The molecular weight excluding hydrogens is 406 g/mol. The molecule has 164 valence electrons. The van der Waals surface area contributed by atoms with E-state index < -0.39 is 5.91 Å². The van der Waals surface area contributed by atoms with Crippen LogP contribution in [0.15, 0.2) is 51.8 Å². The fourth-order valence-corrected chi connectivity index (χ4v) is 3.49. The number of fused-ring (bicyclic) bond motifs is 1. The van der Waals surface area contributed by atoms with Crippen LogP contribution in [0.4, 0.5) is 5.69 Å². The van der Waals surface area contributed by atoms with Crippen LogP contribution in [0.2, 0.25) is 0 Å². The zero-order valence-corrected chi connectivity index (χ0v) is 18.7. The van der Waals surface area contributed by atoms with E-state index in [0.29, 0.717) is 33.7 Å². The Morgan fingerprint density at radius 1 is 1.03 bits per heavy atom. The van der Waals surface area contributed by atoms with E-state index in [1.165, 1.54) is 4.68 Å². The van der Waals surface area contributed by atoms with Crippen molar-refractivity contribution in [1.29, 1.82) is 0 Å². The predicted octanol–water partition coefficient (Wildman–Crippen LogP) is 4.71. The van der Waals surface area contributed by atoms with E-state index >= 15 is 0 Å². The van der Waals surface area contributed by atoms with Crippen molar-refractivity contribution in [1.82, 2.24) is 19.9 Å². The van der Waals surface area contributed by atoms with Gasteiger partial charge in [0.05, 0.1) is 22.7 Å². The van der Waals surface area contributed by atoms with Gasteiger partial charge in [-0.3, -0.25) is 9.59 Å².